The van der Waals surface area contributed by atoms with Gasteiger partial charge in [0.2, 0.25) is 5.91 Å². The molecule has 1 aromatic heterocycles. The molecule has 1 saturated heterocycles. The molecule has 1 aliphatic heterocycles. The fourth-order valence-electron chi connectivity index (χ4n) is 3.68. The molecule has 1 fully saturated rings. The Morgan fingerprint density at radius 3 is 2.74 bits per heavy atom. The Labute approximate surface area is 162 Å². The Morgan fingerprint density at radius 1 is 1.22 bits per heavy atom. The number of likely N-dealkylation sites (tertiary alicyclic amines) is 1. The normalized spacial score (nSPS) is 17.9. The number of rotatable bonds is 7. The van der Waals surface area contributed by atoms with Crippen molar-refractivity contribution in [2.45, 2.75) is 19.3 Å². The number of hydrogen-bond donors (Lipinski definition) is 0. The SMILES string of the molecule is CN1CCC[C@H](CN(CCc2ccccc2)C(=O)/C=C/c2ccncc2)C1. The summed E-state index contributed by atoms with van der Waals surface area (Å²) in [7, 11) is 2.17. The lowest BCUT2D eigenvalue weighted by atomic mass is 9.97. The van der Waals surface area contributed by atoms with Crippen molar-refractivity contribution in [1.82, 2.24) is 14.8 Å². The zero-order valence-corrected chi connectivity index (χ0v) is 16.1. The van der Waals surface area contributed by atoms with Gasteiger partial charge in [0, 0.05) is 38.1 Å². The van der Waals surface area contributed by atoms with Gasteiger partial charge in [-0.3, -0.25) is 9.78 Å². The van der Waals surface area contributed by atoms with Crippen molar-refractivity contribution in [2.75, 3.05) is 33.2 Å². The van der Waals surface area contributed by atoms with Crippen molar-refractivity contribution in [3.05, 3.63) is 72.1 Å². The molecule has 142 valence electrons. The van der Waals surface area contributed by atoms with Gasteiger partial charge in [0.15, 0.2) is 0 Å². The first-order valence-corrected chi connectivity index (χ1v) is 9.80. The lowest BCUT2D eigenvalue weighted by Crippen LogP contribution is -2.42. The van der Waals surface area contributed by atoms with E-state index in [1.165, 1.54) is 18.4 Å². The molecule has 4 heteroatoms. The molecule has 27 heavy (non-hydrogen) atoms. The lowest BCUT2D eigenvalue weighted by molar-refractivity contribution is -0.126. The third-order valence-corrected chi connectivity index (χ3v) is 5.15. The molecule has 0 saturated carbocycles. The fourth-order valence-corrected chi connectivity index (χ4v) is 3.68. The predicted octanol–water partition coefficient (Wildman–Crippen LogP) is 3.51. The van der Waals surface area contributed by atoms with Gasteiger partial charge < -0.3 is 9.80 Å². The van der Waals surface area contributed by atoms with E-state index in [-0.39, 0.29) is 5.91 Å². The monoisotopic (exact) mass is 363 g/mol. The zero-order chi connectivity index (χ0) is 18.9. The van der Waals surface area contributed by atoms with Crippen molar-refractivity contribution in [1.29, 1.82) is 0 Å². The maximum Gasteiger partial charge on any atom is 0.246 e. The molecule has 2 heterocycles. The largest absolute Gasteiger partial charge is 0.339 e. The molecule has 1 amide bonds. The third kappa shape index (κ3) is 6.33. The smallest absolute Gasteiger partial charge is 0.246 e. The first kappa shape index (κ1) is 19.3. The van der Waals surface area contributed by atoms with Crippen molar-refractivity contribution >= 4 is 12.0 Å². The number of hydrogen-bond acceptors (Lipinski definition) is 3. The van der Waals surface area contributed by atoms with Gasteiger partial charge in [0.25, 0.3) is 0 Å². The molecule has 0 radical (unpaired) electrons. The van der Waals surface area contributed by atoms with Gasteiger partial charge >= 0.3 is 0 Å². The van der Waals surface area contributed by atoms with Gasteiger partial charge in [-0.05, 0) is 68.1 Å². The summed E-state index contributed by atoms with van der Waals surface area (Å²) < 4.78 is 0. The van der Waals surface area contributed by atoms with Crippen LogP contribution in [-0.4, -0.2) is 53.9 Å². The fraction of sp³-hybridized carbons (Fsp3) is 0.391. The quantitative estimate of drug-likeness (QED) is 0.707. The molecular weight excluding hydrogens is 334 g/mol. The maximum atomic E-state index is 12.9. The van der Waals surface area contributed by atoms with Gasteiger partial charge in [-0.1, -0.05) is 30.3 Å². The maximum absolute atomic E-state index is 12.9. The highest BCUT2D eigenvalue weighted by molar-refractivity contribution is 5.91. The van der Waals surface area contributed by atoms with E-state index >= 15 is 0 Å². The molecule has 1 aliphatic rings. The van der Waals surface area contributed by atoms with Crippen LogP contribution in [0.1, 0.15) is 24.0 Å². The standard InChI is InChI=1S/C23H29N3O/c1-25-16-5-8-22(18-25)19-26(17-13-20-6-3-2-4-7-20)23(27)10-9-21-11-14-24-15-12-21/h2-4,6-7,9-12,14-15,22H,5,8,13,16-19H2,1H3/b10-9+/t22-/m0/s1. The molecular formula is C23H29N3O. The molecule has 0 unspecified atom stereocenters. The number of pyridine rings is 1. The third-order valence-electron chi connectivity index (χ3n) is 5.15. The van der Waals surface area contributed by atoms with Gasteiger partial charge in [-0.25, -0.2) is 0 Å². The second kappa shape index (κ2) is 10.0. The van der Waals surface area contributed by atoms with Crippen LogP contribution >= 0.6 is 0 Å². The van der Waals surface area contributed by atoms with E-state index in [1.54, 1.807) is 18.5 Å². The highest BCUT2D eigenvalue weighted by atomic mass is 16.2. The summed E-state index contributed by atoms with van der Waals surface area (Å²) in [5.41, 5.74) is 2.27. The van der Waals surface area contributed by atoms with Crippen molar-refractivity contribution in [2.24, 2.45) is 5.92 Å². The van der Waals surface area contributed by atoms with E-state index in [2.05, 4.69) is 41.2 Å². The van der Waals surface area contributed by atoms with Crippen LogP contribution in [0.5, 0.6) is 0 Å². The molecule has 3 rings (SSSR count). The Bertz CT molecular complexity index is 730. The Balaban J connectivity index is 1.65. The lowest BCUT2D eigenvalue weighted by Gasteiger charge is -2.33. The first-order chi connectivity index (χ1) is 13.2. The first-order valence-electron chi connectivity index (χ1n) is 9.80. The van der Waals surface area contributed by atoms with Crippen LogP contribution in [0.3, 0.4) is 0 Å². The summed E-state index contributed by atoms with van der Waals surface area (Å²) in [6.45, 7) is 3.82. The van der Waals surface area contributed by atoms with Gasteiger partial charge in [-0.2, -0.15) is 0 Å². The summed E-state index contributed by atoms with van der Waals surface area (Å²) in [6.07, 6.45) is 10.4. The second-order valence-corrected chi connectivity index (χ2v) is 7.40. The van der Waals surface area contributed by atoms with Crippen LogP contribution in [-0.2, 0) is 11.2 Å². The number of aromatic nitrogens is 1. The number of benzene rings is 1. The summed E-state index contributed by atoms with van der Waals surface area (Å²) in [6, 6.07) is 14.2. The van der Waals surface area contributed by atoms with E-state index < -0.39 is 0 Å². The minimum atomic E-state index is 0.0935. The van der Waals surface area contributed by atoms with Crippen molar-refractivity contribution in [3.63, 3.8) is 0 Å². The number of carbonyl (C=O) groups is 1. The van der Waals surface area contributed by atoms with Crippen LogP contribution in [0.2, 0.25) is 0 Å². The molecule has 0 bridgehead atoms. The van der Waals surface area contributed by atoms with E-state index in [4.69, 9.17) is 0 Å². The van der Waals surface area contributed by atoms with Crippen LogP contribution < -0.4 is 0 Å². The molecule has 0 aliphatic carbocycles. The van der Waals surface area contributed by atoms with Gasteiger partial charge in [0.05, 0.1) is 0 Å². The second-order valence-electron chi connectivity index (χ2n) is 7.40. The number of nitrogens with zero attached hydrogens (tertiary/aromatic N) is 3. The summed E-state index contributed by atoms with van der Waals surface area (Å²) in [4.78, 5) is 21.3. The summed E-state index contributed by atoms with van der Waals surface area (Å²) in [5.74, 6) is 0.647. The van der Waals surface area contributed by atoms with Crippen LogP contribution in [0, 0.1) is 5.92 Å². The topological polar surface area (TPSA) is 36.4 Å². The molecule has 1 aromatic carbocycles. The average Bonchev–Trinajstić information content (AvgIpc) is 2.71. The van der Waals surface area contributed by atoms with E-state index in [1.807, 2.05) is 29.2 Å². The van der Waals surface area contributed by atoms with Gasteiger partial charge in [-0.15, -0.1) is 0 Å². The highest BCUT2D eigenvalue weighted by Gasteiger charge is 2.21. The number of amides is 1. The minimum absolute atomic E-state index is 0.0935. The number of carbonyl (C=O) groups excluding carboxylic acids is 1. The van der Waals surface area contributed by atoms with E-state index in [0.717, 1.165) is 38.2 Å². The van der Waals surface area contributed by atoms with Crippen LogP contribution in [0.15, 0.2) is 60.9 Å². The average molecular weight is 364 g/mol. The van der Waals surface area contributed by atoms with Crippen LogP contribution in [0.25, 0.3) is 6.08 Å². The summed E-state index contributed by atoms with van der Waals surface area (Å²) in [5, 5.41) is 0. The Hall–Kier alpha value is -2.46. The Kier molecular flexibility index (Phi) is 7.17. The molecule has 0 N–H and O–H groups in total. The molecule has 2 aromatic rings. The predicted molar refractivity (Wildman–Crippen MR) is 110 cm³/mol. The van der Waals surface area contributed by atoms with E-state index in [0.29, 0.717) is 5.92 Å². The molecule has 4 nitrogen and oxygen atoms in total. The number of piperidine rings is 1. The van der Waals surface area contributed by atoms with Crippen molar-refractivity contribution in [3.8, 4) is 0 Å². The van der Waals surface area contributed by atoms with Gasteiger partial charge in [0.1, 0.15) is 0 Å². The van der Waals surface area contributed by atoms with E-state index in [9.17, 15) is 4.79 Å². The molecule has 0 spiro atoms. The summed E-state index contributed by atoms with van der Waals surface area (Å²) >= 11 is 0. The van der Waals surface area contributed by atoms with Crippen LogP contribution in [0.4, 0.5) is 0 Å². The van der Waals surface area contributed by atoms with Crippen molar-refractivity contribution < 1.29 is 4.79 Å². The molecule has 1 atom stereocenters. The zero-order valence-electron chi connectivity index (χ0n) is 16.1. The minimum Gasteiger partial charge on any atom is -0.339 e. The highest BCUT2D eigenvalue weighted by Crippen LogP contribution is 2.17. The Morgan fingerprint density at radius 2 is 2.00 bits per heavy atom.